The maximum absolute atomic E-state index is 12.8. The normalized spacial score (nSPS) is 21.2. The standard InChI is InChI=1S/C13H11F3N4/c1-9-17-18-12-6-3-7-19(20(9)12)11-5-2-4-10(8-11)13(14,15)16/h2-9H,1H3. The molecule has 4 nitrogen and oxygen atoms in total. The number of rotatable bonds is 1. The Morgan fingerprint density at radius 1 is 1.25 bits per heavy atom. The summed E-state index contributed by atoms with van der Waals surface area (Å²) in [5, 5.41) is 11.3. The zero-order valence-corrected chi connectivity index (χ0v) is 10.5. The molecule has 1 aromatic carbocycles. The molecule has 2 aliphatic rings. The van der Waals surface area contributed by atoms with Gasteiger partial charge in [-0.2, -0.15) is 18.3 Å². The van der Waals surface area contributed by atoms with Crippen LogP contribution in [0.1, 0.15) is 12.5 Å². The summed E-state index contributed by atoms with van der Waals surface area (Å²) in [7, 11) is 0. The van der Waals surface area contributed by atoms with E-state index in [0.29, 0.717) is 11.5 Å². The minimum atomic E-state index is -4.36. The van der Waals surface area contributed by atoms with Gasteiger partial charge in [-0.25, -0.2) is 5.01 Å². The average Bonchev–Trinajstić information content (AvgIpc) is 2.80. The smallest absolute Gasteiger partial charge is 0.257 e. The van der Waals surface area contributed by atoms with Gasteiger partial charge < -0.3 is 0 Å². The number of nitrogens with zero attached hydrogens (tertiary/aromatic N) is 4. The van der Waals surface area contributed by atoms with Crippen molar-refractivity contribution in [2.45, 2.75) is 19.3 Å². The second-order valence-corrected chi connectivity index (χ2v) is 4.45. The monoisotopic (exact) mass is 280 g/mol. The number of allylic oxidation sites excluding steroid dienone is 2. The van der Waals surface area contributed by atoms with Gasteiger partial charge in [0.15, 0.2) is 12.0 Å². The molecule has 20 heavy (non-hydrogen) atoms. The number of fused-ring (bicyclic) bond motifs is 1. The van der Waals surface area contributed by atoms with Crippen molar-refractivity contribution in [3.63, 3.8) is 0 Å². The maximum atomic E-state index is 12.8. The van der Waals surface area contributed by atoms with E-state index < -0.39 is 11.7 Å². The Balaban J connectivity index is 1.98. The first kappa shape index (κ1) is 12.7. The molecule has 2 aliphatic heterocycles. The van der Waals surface area contributed by atoms with E-state index in [0.717, 1.165) is 12.1 Å². The van der Waals surface area contributed by atoms with Crippen LogP contribution in [0.15, 0.2) is 58.7 Å². The van der Waals surface area contributed by atoms with E-state index in [4.69, 9.17) is 0 Å². The molecule has 3 rings (SSSR count). The zero-order valence-electron chi connectivity index (χ0n) is 10.5. The summed E-state index contributed by atoms with van der Waals surface area (Å²) in [5.74, 6) is 0.609. The van der Waals surface area contributed by atoms with Crippen molar-refractivity contribution in [1.29, 1.82) is 0 Å². The third-order valence-corrected chi connectivity index (χ3v) is 3.06. The van der Waals surface area contributed by atoms with E-state index in [9.17, 15) is 13.2 Å². The third-order valence-electron chi connectivity index (χ3n) is 3.06. The van der Waals surface area contributed by atoms with Gasteiger partial charge in [0.1, 0.15) is 0 Å². The van der Waals surface area contributed by atoms with Crippen LogP contribution in [0.5, 0.6) is 0 Å². The Labute approximate surface area is 113 Å². The maximum Gasteiger partial charge on any atom is 0.416 e. The molecule has 1 aromatic rings. The first-order chi connectivity index (χ1) is 9.47. The lowest BCUT2D eigenvalue weighted by Crippen LogP contribution is -2.41. The molecular weight excluding hydrogens is 269 g/mol. The van der Waals surface area contributed by atoms with Crippen LogP contribution in [-0.4, -0.2) is 11.2 Å². The van der Waals surface area contributed by atoms with Crippen molar-refractivity contribution < 1.29 is 13.2 Å². The lowest BCUT2D eigenvalue weighted by atomic mass is 10.2. The second-order valence-electron chi connectivity index (χ2n) is 4.45. The first-order valence-corrected chi connectivity index (χ1v) is 6.02. The lowest BCUT2D eigenvalue weighted by molar-refractivity contribution is -0.137. The number of hydrazine groups is 1. The summed E-state index contributed by atoms with van der Waals surface area (Å²) in [5.41, 5.74) is -0.263. The number of hydrogen-bond acceptors (Lipinski definition) is 4. The van der Waals surface area contributed by atoms with Gasteiger partial charge in [0, 0.05) is 6.20 Å². The summed E-state index contributed by atoms with van der Waals surface area (Å²) < 4.78 is 38.3. The van der Waals surface area contributed by atoms with Crippen LogP contribution in [0.25, 0.3) is 0 Å². The van der Waals surface area contributed by atoms with Crippen molar-refractivity contribution >= 4 is 5.69 Å². The van der Waals surface area contributed by atoms with Crippen LogP contribution < -0.4 is 5.01 Å². The molecule has 1 atom stereocenters. The van der Waals surface area contributed by atoms with Crippen LogP contribution in [0.3, 0.4) is 0 Å². The van der Waals surface area contributed by atoms with Gasteiger partial charge >= 0.3 is 6.18 Å². The molecule has 0 saturated carbocycles. The number of alkyl halides is 3. The van der Waals surface area contributed by atoms with Crippen LogP contribution in [0.4, 0.5) is 18.9 Å². The molecule has 0 bridgehead atoms. The number of anilines is 1. The van der Waals surface area contributed by atoms with Crippen LogP contribution in [0, 0.1) is 0 Å². The number of halogens is 3. The van der Waals surface area contributed by atoms with E-state index in [1.54, 1.807) is 34.4 Å². The van der Waals surface area contributed by atoms with Crippen molar-refractivity contribution in [3.8, 4) is 0 Å². The SMILES string of the molecule is CC1N=NC2=CC=CN(c3cccc(C(F)(F)F)c3)N21. The van der Waals surface area contributed by atoms with E-state index >= 15 is 0 Å². The highest BCUT2D eigenvalue weighted by molar-refractivity contribution is 5.53. The molecule has 2 heterocycles. The quantitative estimate of drug-likeness (QED) is 0.781. The first-order valence-electron chi connectivity index (χ1n) is 6.02. The molecule has 0 amide bonds. The Morgan fingerprint density at radius 2 is 2.05 bits per heavy atom. The fourth-order valence-corrected chi connectivity index (χ4v) is 2.15. The second kappa shape index (κ2) is 4.36. The summed E-state index contributed by atoms with van der Waals surface area (Å²) in [6.45, 7) is 1.82. The average molecular weight is 280 g/mol. The molecule has 7 heteroatoms. The molecule has 0 saturated heterocycles. The molecule has 1 unspecified atom stereocenters. The molecule has 0 spiro atoms. The van der Waals surface area contributed by atoms with Gasteiger partial charge in [-0.1, -0.05) is 6.07 Å². The summed E-state index contributed by atoms with van der Waals surface area (Å²) in [4.78, 5) is 0. The van der Waals surface area contributed by atoms with E-state index in [-0.39, 0.29) is 6.17 Å². The molecule has 104 valence electrons. The van der Waals surface area contributed by atoms with Crippen molar-refractivity contribution in [2.24, 2.45) is 10.2 Å². The van der Waals surface area contributed by atoms with E-state index in [1.807, 2.05) is 6.92 Å². The van der Waals surface area contributed by atoms with Crippen LogP contribution in [-0.2, 0) is 6.18 Å². The summed E-state index contributed by atoms with van der Waals surface area (Å²) >= 11 is 0. The fourth-order valence-electron chi connectivity index (χ4n) is 2.15. The number of azo groups is 1. The van der Waals surface area contributed by atoms with Gasteiger partial charge in [-0.15, -0.1) is 5.11 Å². The topological polar surface area (TPSA) is 31.2 Å². The third kappa shape index (κ3) is 2.04. The fraction of sp³-hybridized carbons (Fsp3) is 0.231. The number of benzene rings is 1. The largest absolute Gasteiger partial charge is 0.416 e. The molecular formula is C13H11F3N4. The lowest BCUT2D eigenvalue weighted by Gasteiger charge is -2.35. The van der Waals surface area contributed by atoms with E-state index in [1.165, 1.54) is 6.07 Å². The number of hydrogen-bond donors (Lipinski definition) is 0. The molecule has 0 aromatic heterocycles. The van der Waals surface area contributed by atoms with Gasteiger partial charge in [0.2, 0.25) is 0 Å². The van der Waals surface area contributed by atoms with Gasteiger partial charge in [0.05, 0.1) is 11.3 Å². The highest BCUT2D eigenvalue weighted by Crippen LogP contribution is 2.35. The predicted molar refractivity (Wildman–Crippen MR) is 67.3 cm³/mol. The van der Waals surface area contributed by atoms with Crippen molar-refractivity contribution in [2.75, 3.05) is 5.01 Å². The highest BCUT2D eigenvalue weighted by Gasteiger charge is 2.33. The minimum absolute atomic E-state index is 0.249. The van der Waals surface area contributed by atoms with Gasteiger partial charge in [-0.3, -0.25) is 5.01 Å². The summed E-state index contributed by atoms with van der Waals surface area (Å²) in [6, 6.07) is 5.17. The Hall–Kier alpha value is -2.31. The summed E-state index contributed by atoms with van der Waals surface area (Å²) in [6.07, 6.45) is 0.562. The minimum Gasteiger partial charge on any atom is -0.257 e. The molecule has 0 N–H and O–H groups in total. The van der Waals surface area contributed by atoms with Crippen LogP contribution in [0.2, 0.25) is 0 Å². The molecule has 0 aliphatic carbocycles. The zero-order chi connectivity index (χ0) is 14.3. The molecule has 0 radical (unpaired) electrons. The van der Waals surface area contributed by atoms with Gasteiger partial charge in [-0.05, 0) is 37.3 Å². The van der Waals surface area contributed by atoms with Crippen molar-refractivity contribution in [1.82, 2.24) is 5.01 Å². The van der Waals surface area contributed by atoms with E-state index in [2.05, 4.69) is 10.2 Å². The Bertz CT molecular complexity index is 618. The van der Waals surface area contributed by atoms with Crippen LogP contribution >= 0.6 is 0 Å². The van der Waals surface area contributed by atoms with Crippen molar-refractivity contribution in [3.05, 3.63) is 54.0 Å². The Kier molecular flexibility index (Phi) is 2.77. The Morgan fingerprint density at radius 3 is 2.80 bits per heavy atom. The predicted octanol–water partition coefficient (Wildman–Crippen LogP) is 3.91. The van der Waals surface area contributed by atoms with Gasteiger partial charge in [0.25, 0.3) is 0 Å². The molecule has 0 fully saturated rings. The highest BCUT2D eigenvalue weighted by atomic mass is 19.4.